The first-order valence-corrected chi connectivity index (χ1v) is 5.98. The summed E-state index contributed by atoms with van der Waals surface area (Å²) in [4.78, 5) is 3.97. The Bertz CT molecular complexity index is 328. The van der Waals surface area contributed by atoms with Crippen molar-refractivity contribution in [3.8, 4) is 0 Å². The SMILES string of the molecule is CC(C)C(C)C(Cc1ccncc1Cl)NN. The van der Waals surface area contributed by atoms with Gasteiger partial charge in [-0.2, -0.15) is 0 Å². The van der Waals surface area contributed by atoms with Crippen LogP contribution in [0.3, 0.4) is 0 Å². The first-order chi connectivity index (χ1) is 7.56. The molecule has 1 aromatic rings. The average Bonchev–Trinajstić information content (AvgIpc) is 2.27. The van der Waals surface area contributed by atoms with E-state index in [4.69, 9.17) is 17.4 Å². The molecular weight excluding hydrogens is 222 g/mol. The molecule has 3 nitrogen and oxygen atoms in total. The van der Waals surface area contributed by atoms with Gasteiger partial charge in [0.2, 0.25) is 0 Å². The molecule has 3 N–H and O–H groups in total. The van der Waals surface area contributed by atoms with Gasteiger partial charge in [-0.3, -0.25) is 16.3 Å². The minimum atomic E-state index is 0.236. The topological polar surface area (TPSA) is 50.9 Å². The maximum absolute atomic E-state index is 6.08. The third kappa shape index (κ3) is 3.44. The van der Waals surface area contributed by atoms with Gasteiger partial charge in [-0.05, 0) is 29.9 Å². The average molecular weight is 242 g/mol. The number of aromatic nitrogens is 1. The van der Waals surface area contributed by atoms with E-state index >= 15 is 0 Å². The van der Waals surface area contributed by atoms with Crippen molar-refractivity contribution in [3.63, 3.8) is 0 Å². The molecule has 0 aliphatic carbocycles. The summed E-state index contributed by atoms with van der Waals surface area (Å²) in [6, 6.07) is 2.18. The summed E-state index contributed by atoms with van der Waals surface area (Å²) in [6.45, 7) is 6.59. The van der Waals surface area contributed by atoms with Crippen molar-refractivity contribution in [1.29, 1.82) is 0 Å². The van der Waals surface area contributed by atoms with E-state index in [-0.39, 0.29) is 6.04 Å². The number of hydrogen-bond donors (Lipinski definition) is 2. The van der Waals surface area contributed by atoms with E-state index in [1.807, 2.05) is 6.07 Å². The second-order valence-corrected chi connectivity index (χ2v) is 4.95. The summed E-state index contributed by atoms with van der Waals surface area (Å²) in [5.74, 6) is 6.68. The first kappa shape index (κ1) is 13.4. The molecule has 0 aliphatic heterocycles. The highest BCUT2D eigenvalue weighted by Gasteiger charge is 2.20. The van der Waals surface area contributed by atoms with Crippen molar-refractivity contribution in [3.05, 3.63) is 29.0 Å². The predicted molar refractivity (Wildman–Crippen MR) is 68.1 cm³/mol. The van der Waals surface area contributed by atoms with Crippen LogP contribution in [-0.2, 0) is 6.42 Å². The number of nitrogens with one attached hydrogen (secondary N) is 1. The summed E-state index contributed by atoms with van der Waals surface area (Å²) in [5.41, 5.74) is 3.97. The third-order valence-corrected chi connectivity index (χ3v) is 3.54. The quantitative estimate of drug-likeness (QED) is 0.615. The highest BCUT2D eigenvalue weighted by molar-refractivity contribution is 6.31. The zero-order valence-corrected chi connectivity index (χ0v) is 10.8. The molecule has 1 rings (SSSR count). The van der Waals surface area contributed by atoms with Crippen molar-refractivity contribution < 1.29 is 0 Å². The molecule has 0 amide bonds. The van der Waals surface area contributed by atoms with Crippen molar-refractivity contribution in [2.24, 2.45) is 17.7 Å². The van der Waals surface area contributed by atoms with Gasteiger partial charge in [0.1, 0.15) is 0 Å². The van der Waals surface area contributed by atoms with Crippen LogP contribution in [-0.4, -0.2) is 11.0 Å². The zero-order valence-electron chi connectivity index (χ0n) is 10.1. The normalized spacial score (nSPS) is 15.1. The molecule has 2 atom stereocenters. The van der Waals surface area contributed by atoms with Crippen LogP contribution in [0.5, 0.6) is 0 Å². The molecule has 0 fully saturated rings. The maximum atomic E-state index is 6.08. The van der Waals surface area contributed by atoms with E-state index in [0.29, 0.717) is 16.9 Å². The summed E-state index contributed by atoms with van der Waals surface area (Å²) >= 11 is 6.08. The molecule has 0 saturated carbocycles. The van der Waals surface area contributed by atoms with Gasteiger partial charge in [0.25, 0.3) is 0 Å². The van der Waals surface area contributed by atoms with E-state index in [1.165, 1.54) is 0 Å². The number of hydrazine groups is 1. The van der Waals surface area contributed by atoms with Gasteiger partial charge in [0.15, 0.2) is 0 Å². The second-order valence-electron chi connectivity index (χ2n) is 4.55. The minimum absolute atomic E-state index is 0.236. The molecule has 1 aromatic heterocycles. The van der Waals surface area contributed by atoms with Gasteiger partial charge >= 0.3 is 0 Å². The zero-order chi connectivity index (χ0) is 12.1. The molecule has 2 unspecified atom stereocenters. The number of hydrogen-bond acceptors (Lipinski definition) is 3. The van der Waals surface area contributed by atoms with Crippen LogP contribution < -0.4 is 11.3 Å². The number of pyridine rings is 1. The van der Waals surface area contributed by atoms with Crippen LogP contribution >= 0.6 is 11.6 Å². The Morgan fingerprint density at radius 3 is 2.62 bits per heavy atom. The standard InChI is InChI=1S/C12H20ClN3/c1-8(2)9(3)12(16-14)6-10-4-5-15-7-11(10)13/h4-5,7-9,12,16H,6,14H2,1-3H3. The van der Waals surface area contributed by atoms with Gasteiger partial charge in [-0.1, -0.05) is 32.4 Å². The van der Waals surface area contributed by atoms with Crippen LogP contribution in [0.25, 0.3) is 0 Å². The van der Waals surface area contributed by atoms with E-state index in [0.717, 1.165) is 12.0 Å². The molecule has 90 valence electrons. The lowest BCUT2D eigenvalue weighted by Gasteiger charge is -2.26. The Hall–Kier alpha value is -0.640. The molecule has 0 bridgehead atoms. The molecule has 0 aliphatic rings. The van der Waals surface area contributed by atoms with E-state index in [9.17, 15) is 0 Å². The Labute approximate surface area is 102 Å². The van der Waals surface area contributed by atoms with E-state index in [1.54, 1.807) is 12.4 Å². The van der Waals surface area contributed by atoms with Crippen LogP contribution in [0.1, 0.15) is 26.3 Å². The smallest absolute Gasteiger partial charge is 0.0621 e. The number of nitrogens with zero attached hydrogens (tertiary/aromatic N) is 1. The highest BCUT2D eigenvalue weighted by atomic mass is 35.5. The summed E-state index contributed by atoms with van der Waals surface area (Å²) in [6.07, 6.45) is 4.26. The minimum Gasteiger partial charge on any atom is -0.271 e. The Morgan fingerprint density at radius 2 is 2.12 bits per heavy atom. The number of nitrogens with two attached hydrogens (primary N) is 1. The van der Waals surface area contributed by atoms with Crippen LogP contribution in [0, 0.1) is 11.8 Å². The fourth-order valence-electron chi connectivity index (χ4n) is 1.67. The van der Waals surface area contributed by atoms with E-state index in [2.05, 4.69) is 31.2 Å². The van der Waals surface area contributed by atoms with Gasteiger partial charge in [0, 0.05) is 18.4 Å². The number of rotatable bonds is 5. The van der Waals surface area contributed by atoms with Crippen LogP contribution in [0.4, 0.5) is 0 Å². The van der Waals surface area contributed by atoms with Crippen molar-refractivity contribution >= 4 is 11.6 Å². The Morgan fingerprint density at radius 1 is 1.44 bits per heavy atom. The molecule has 1 heterocycles. The van der Waals surface area contributed by atoms with Gasteiger partial charge < -0.3 is 0 Å². The number of halogens is 1. The molecule has 0 radical (unpaired) electrons. The van der Waals surface area contributed by atoms with Crippen LogP contribution in [0.15, 0.2) is 18.5 Å². The maximum Gasteiger partial charge on any atom is 0.0621 e. The lowest BCUT2D eigenvalue weighted by atomic mass is 9.87. The lowest BCUT2D eigenvalue weighted by molar-refractivity contribution is 0.299. The monoisotopic (exact) mass is 241 g/mol. The molecule has 0 saturated heterocycles. The molecule has 0 spiro atoms. The molecular formula is C12H20ClN3. The Kier molecular flexibility index (Phi) is 5.19. The van der Waals surface area contributed by atoms with E-state index < -0.39 is 0 Å². The first-order valence-electron chi connectivity index (χ1n) is 5.60. The highest BCUT2D eigenvalue weighted by Crippen LogP contribution is 2.21. The van der Waals surface area contributed by atoms with Gasteiger partial charge in [0.05, 0.1) is 5.02 Å². The van der Waals surface area contributed by atoms with Crippen molar-refractivity contribution in [2.75, 3.05) is 0 Å². The largest absolute Gasteiger partial charge is 0.271 e. The fourth-order valence-corrected chi connectivity index (χ4v) is 1.86. The van der Waals surface area contributed by atoms with Gasteiger partial charge in [-0.15, -0.1) is 0 Å². The summed E-state index contributed by atoms with van der Waals surface area (Å²) in [7, 11) is 0. The summed E-state index contributed by atoms with van der Waals surface area (Å²) < 4.78 is 0. The fraction of sp³-hybridized carbons (Fsp3) is 0.583. The Balaban J connectivity index is 2.74. The predicted octanol–water partition coefficient (Wildman–Crippen LogP) is 2.40. The molecule has 16 heavy (non-hydrogen) atoms. The third-order valence-electron chi connectivity index (χ3n) is 3.20. The lowest BCUT2D eigenvalue weighted by Crippen LogP contribution is -2.43. The summed E-state index contributed by atoms with van der Waals surface area (Å²) in [5, 5.41) is 0.707. The van der Waals surface area contributed by atoms with Crippen LogP contribution in [0.2, 0.25) is 5.02 Å². The molecule has 4 heteroatoms. The second kappa shape index (κ2) is 6.18. The van der Waals surface area contributed by atoms with Gasteiger partial charge in [-0.25, -0.2) is 0 Å². The molecule has 0 aromatic carbocycles. The van der Waals surface area contributed by atoms with Crippen molar-refractivity contribution in [1.82, 2.24) is 10.4 Å². The van der Waals surface area contributed by atoms with Crippen molar-refractivity contribution in [2.45, 2.75) is 33.2 Å².